The third-order valence-corrected chi connectivity index (χ3v) is 7.97. The normalized spacial score (nSPS) is 12.7. The number of carbonyl (C=O) groups is 1. The van der Waals surface area contributed by atoms with Gasteiger partial charge in [-0.2, -0.15) is 0 Å². The van der Waals surface area contributed by atoms with Crippen LogP contribution in [-0.2, 0) is 6.54 Å². The molecule has 0 radical (unpaired) electrons. The third kappa shape index (κ3) is 12.0. The van der Waals surface area contributed by atoms with Crippen molar-refractivity contribution in [2.24, 2.45) is 0 Å². The summed E-state index contributed by atoms with van der Waals surface area (Å²) in [5, 5.41) is 5.09. The third-order valence-electron chi connectivity index (χ3n) is 7.00. The zero-order valence-corrected chi connectivity index (χ0v) is 26.2. The smallest absolute Gasteiger partial charge is 0.259 e. The van der Waals surface area contributed by atoms with Crippen molar-refractivity contribution >= 4 is 40.3 Å². The zero-order chi connectivity index (χ0) is 27.0. The van der Waals surface area contributed by atoms with Gasteiger partial charge in [-0.05, 0) is 48.6 Å². The summed E-state index contributed by atoms with van der Waals surface area (Å²) in [6, 6.07) is 12.3. The molecule has 4 nitrogen and oxygen atoms in total. The van der Waals surface area contributed by atoms with Crippen LogP contribution >= 0.6 is 28.7 Å². The number of halogens is 2. The van der Waals surface area contributed by atoms with E-state index in [1.54, 1.807) is 23.9 Å². The number of thioether (sulfide) groups is 1. The summed E-state index contributed by atoms with van der Waals surface area (Å²) in [5.41, 5.74) is 3.28. The lowest BCUT2D eigenvalue weighted by atomic mass is 10.1. The van der Waals surface area contributed by atoms with Crippen LogP contribution in [0.25, 0.3) is 0 Å². The van der Waals surface area contributed by atoms with Crippen LogP contribution in [-0.4, -0.2) is 23.3 Å². The van der Waals surface area contributed by atoms with Crippen LogP contribution in [0.4, 0.5) is 10.1 Å². The highest BCUT2D eigenvalue weighted by Crippen LogP contribution is 2.27. The number of allylic oxidation sites excluding steroid dienone is 1. The van der Waals surface area contributed by atoms with Crippen molar-refractivity contribution in [2.75, 3.05) is 17.8 Å². The second kappa shape index (κ2) is 19.1. The lowest BCUT2D eigenvalue weighted by Crippen LogP contribution is -2.17. The van der Waals surface area contributed by atoms with Crippen molar-refractivity contribution in [2.45, 2.75) is 97.4 Å². The molecule has 0 aromatic heterocycles. The SMILES string of the molecule is Br.CCCCCCCCCCCCCCOc1c(F)cccc1C(=O)Nc1cccc(CN2CSC=C2C)c1. The summed E-state index contributed by atoms with van der Waals surface area (Å²) in [6.07, 6.45) is 15.1. The van der Waals surface area contributed by atoms with Crippen molar-refractivity contribution in [3.05, 3.63) is 70.5 Å². The van der Waals surface area contributed by atoms with E-state index in [4.69, 9.17) is 4.74 Å². The fourth-order valence-corrected chi connectivity index (χ4v) is 5.65. The first-order chi connectivity index (χ1) is 18.6. The number of para-hydroxylation sites is 1. The quantitative estimate of drug-likeness (QED) is 0.168. The van der Waals surface area contributed by atoms with Gasteiger partial charge in [0.25, 0.3) is 5.91 Å². The van der Waals surface area contributed by atoms with E-state index >= 15 is 0 Å². The first-order valence-corrected chi connectivity index (χ1v) is 15.5. The Labute approximate surface area is 249 Å². The molecular weight excluding hydrogens is 575 g/mol. The molecule has 39 heavy (non-hydrogen) atoms. The van der Waals surface area contributed by atoms with E-state index in [2.05, 4.69) is 35.5 Å². The van der Waals surface area contributed by atoms with Gasteiger partial charge in [-0.3, -0.25) is 4.79 Å². The number of rotatable bonds is 18. The summed E-state index contributed by atoms with van der Waals surface area (Å²) < 4.78 is 20.4. The van der Waals surface area contributed by atoms with Gasteiger partial charge in [0.2, 0.25) is 0 Å². The highest BCUT2D eigenvalue weighted by Gasteiger charge is 2.18. The van der Waals surface area contributed by atoms with Crippen LogP contribution in [0.1, 0.15) is 107 Å². The maximum Gasteiger partial charge on any atom is 0.259 e. The molecule has 0 bridgehead atoms. The molecule has 216 valence electrons. The van der Waals surface area contributed by atoms with Crippen molar-refractivity contribution in [3.8, 4) is 5.75 Å². The molecule has 1 heterocycles. The fraction of sp³-hybridized carbons (Fsp3) is 0.531. The molecule has 2 aromatic rings. The van der Waals surface area contributed by atoms with Gasteiger partial charge in [-0.15, -0.1) is 28.7 Å². The van der Waals surface area contributed by atoms with Gasteiger partial charge in [0, 0.05) is 17.9 Å². The first-order valence-electron chi connectivity index (χ1n) is 14.4. The van der Waals surface area contributed by atoms with Crippen molar-refractivity contribution < 1.29 is 13.9 Å². The zero-order valence-electron chi connectivity index (χ0n) is 23.7. The number of ether oxygens (including phenoxy) is 1. The molecule has 2 aromatic carbocycles. The largest absolute Gasteiger partial charge is 0.490 e. The lowest BCUT2D eigenvalue weighted by molar-refractivity contribution is 0.102. The van der Waals surface area contributed by atoms with Gasteiger partial charge in [0.05, 0.1) is 18.0 Å². The molecular formula is C32H46BrFN2O2S. The molecule has 1 amide bonds. The van der Waals surface area contributed by atoms with E-state index in [1.807, 2.05) is 18.2 Å². The number of nitrogens with zero attached hydrogens (tertiary/aromatic N) is 1. The molecule has 1 N–H and O–H groups in total. The van der Waals surface area contributed by atoms with Gasteiger partial charge < -0.3 is 15.0 Å². The molecule has 0 saturated carbocycles. The standard InChI is InChI=1S/C32H45FN2O2S.BrH/c1-3-4-5-6-7-8-9-10-11-12-13-14-21-37-31-29(19-16-20-30(31)33)32(36)34-28-18-15-17-27(22-28)23-35-25-38-24-26(35)2;/h15-20,22,24H,3-14,21,23,25H2,1-2H3,(H,34,36);1H. The Kier molecular flexibility index (Phi) is 16.3. The Morgan fingerprint density at radius 2 is 1.59 bits per heavy atom. The Morgan fingerprint density at radius 1 is 0.949 bits per heavy atom. The van der Waals surface area contributed by atoms with Crippen LogP contribution in [0.3, 0.4) is 0 Å². The Balaban J connectivity index is 0.00000533. The van der Waals surface area contributed by atoms with E-state index in [0.29, 0.717) is 12.3 Å². The maximum absolute atomic E-state index is 14.6. The molecule has 0 unspecified atom stereocenters. The van der Waals surface area contributed by atoms with E-state index in [1.165, 1.54) is 76.0 Å². The summed E-state index contributed by atoms with van der Waals surface area (Å²) >= 11 is 1.79. The second-order valence-electron chi connectivity index (χ2n) is 10.3. The van der Waals surface area contributed by atoms with Gasteiger partial charge in [-0.25, -0.2) is 4.39 Å². The van der Waals surface area contributed by atoms with Gasteiger partial charge in [0.1, 0.15) is 0 Å². The predicted molar refractivity (Wildman–Crippen MR) is 169 cm³/mol. The molecule has 1 aliphatic heterocycles. The second-order valence-corrected chi connectivity index (χ2v) is 11.1. The lowest BCUT2D eigenvalue weighted by Gasteiger charge is -2.19. The highest BCUT2D eigenvalue weighted by molar-refractivity contribution is 8.93. The monoisotopic (exact) mass is 620 g/mol. The molecule has 0 fully saturated rings. The highest BCUT2D eigenvalue weighted by atomic mass is 79.9. The molecule has 7 heteroatoms. The number of hydrogen-bond donors (Lipinski definition) is 1. The number of unbranched alkanes of at least 4 members (excludes halogenated alkanes) is 11. The van der Waals surface area contributed by atoms with E-state index in [-0.39, 0.29) is 34.2 Å². The number of anilines is 1. The fourth-order valence-electron chi connectivity index (χ4n) is 4.71. The van der Waals surface area contributed by atoms with E-state index < -0.39 is 5.82 Å². The predicted octanol–water partition coefficient (Wildman–Crippen LogP) is 10.1. The molecule has 1 aliphatic rings. The van der Waals surface area contributed by atoms with Crippen molar-refractivity contribution in [1.29, 1.82) is 0 Å². The minimum absolute atomic E-state index is 0. The molecule has 0 saturated heterocycles. The number of nitrogens with one attached hydrogen (secondary N) is 1. The first kappa shape index (κ1) is 33.2. The van der Waals surface area contributed by atoms with Crippen LogP contribution < -0.4 is 10.1 Å². The Morgan fingerprint density at radius 3 is 2.23 bits per heavy atom. The van der Waals surface area contributed by atoms with Crippen LogP contribution in [0.15, 0.2) is 53.6 Å². The minimum atomic E-state index is -0.501. The summed E-state index contributed by atoms with van der Waals surface area (Å²) in [7, 11) is 0. The van der Waals surface area contributed by atoms with Gasteiger partial charge in [-0.1, -0.05) is 95.8 Å². The average molecular weight is 622 g/mol. The van der Waals surface area contributed by atoms with Crippen molar-refractivity contribution in [3.63, 3.8) is 0 Å². The molecule has 0 aliphatic carbocycles. The van der Waals surface area contributed by atoms with Gasteiger partial charge in [0.15, 0.2) is 11.6 Å². The maximum atomic E-state index is 14.6. The van der Waals surface area contributed by atoms with E-state index in [9.17, 15) is 9.18 Å². The summed E-state index contributed by atoms with van der Waals surface area (Å²) in [6.45, 7) is 5.56. The topological polar surface area (TPSA) is 41.6 Å². The van der Waals surface area contributed by atoms with Crippen LogP contribution in [0, 0.1) is 5.82 Å². The number of carbonyl (C=O) groups excluding carboxylic acids is 1. The minimum Gasteiger partial charge on any atom is -0.490 e. The average Bonchev–Trinajstić information content (AvgIpc) is 3.31. The molecule has 0 atom stereocenters. The van der Waals surface area contributed by atoms with Crippen LogP contribution in [0.5, 0.6) is 5.75 Å². The Bertz CT molecular complexity index is 1030. The summed E-state index contributed by atoms with van der Waals surface area (Å²) in [4.78, 5) is 15.3. The number of hydrogen-bond acceptors (Lipinski definition) is 4. The molecule has 3 rings (SSSR count). The number of benzene rings is 2. The van der Waals surface area contributed by atoms with E-state index in [0.717, 1.165) is 30.8 Å². The van der Waals surface area contributed by atoms with Gasteiger partial charge >= 0.3 is 0 Å². The van der Waals surface area contributed by atoms with Crippen molar-refractivity contribution in [1.82, 2.24) is 4.90 Å². The molecule has 0 spiro atoms. The summed E-state index contributed by atoms with van der Waals surface area (Å²) in [5.74, 6) is 0.114. The Hall–Kier alpha value is -1.99. The number of amides is 1. The van der Waals surface area contributed by atoms with Crippen LogP contribution in [0.2, 0.25) is 0 Å².